The molecule has 0 spiro atoms. The van der Waals surface area contributed by atoms with Gasteiger partial charge in [-0.1, -0.05) is 19.1 Å². The predicted octanol–water partition coefficient (Wildman–Crippen LogP) is 4.25. The molecule has 0 atom stereocenters. The van der Waals surface area contributed by atoms with Crippen LogP contribution in [0.3, 0.4) is 0 Å². The molecule has 132 valence electrons. The highest BCUT2D eigenvalue weighted by Crippen LogP contribution is 2.34. The minimum atomic E-state index is -0.541. The molecule has 25 heavy (non-hydrogen) atoms. The molecule has 0 radical (unpaired) electrons. The van der Waals surface area contributed by atoms with Crippen molar-refractivity contribution in [2.75, 3.05) is 11.9 Å². The third kappa shape index (κ3) is 4.14. The number of Topliss-reactive ketones (excluding diaryl/α,β-unsaturated/α-hetero) is 1. The monoisotopic (exact) mass is 359 g/mol. The van der Waals surface area contributed by atoms with Gasteiger partial charge in [0.05, 0.1) is 17.0 Å². The second kappa shape index (κ2) is 8.07. The summed E-state index contributed by atoms with van der Waals surface area (Å²) in [5, 5.41) is 3.08. The molecule has 0 bridgehead atoms. The van der Waals surface area contributed by atoms with Crippen molar-refractivity contribution in [3.63, 3.8) is 0 Å². The van der Waals surface area contributed by atoms with E-state index in [0.717, 1.165) is 23.3 Å². The number of esters is 1. The second-order valence-electron chi connectivity index (χ2n) is 5.54. The summed E-state index contributed by atoms with van der Waals surface area (Å²) in [5.41, 5.74) is 2.40. The molecule has 0 saturated heterocycles. The molecular formula is C19H21NO4S. The molecule has 2 aromatic rings. The highest BCUT2D eigenvalue weighted by Gasteiger charge is 2.25. The van der Waals surface area contributed by atoms with Crippen molar-refractivity contribution in [1.82, 2.24) is 0 Å². The number of aryl methyl sites for hydroxylation is 1. The zero-order chi connectivity index (χ0) is 18.6. The van der Waals surface area contributed by atoms with Crippen LogP contribution >= 0.6 is 11.3 Å². The van der Waals surface area contributed by atoms with Crippen LogP contribution in [-0.4, -0.2) is 24.3 Å². The fourth-order valence-corrected chi connectivity index (χ4v) is 3.54. The molecule has 1 aromatic carbocycles. The number of carbonyl (C=O) groups excluding carboxylic acids is 3. The van der Waals surface area contributed by atoms with E-state index in [0.29, 0.717) is 21.0 Å². The third-order valence-electron chi connectivity index (χ3n) is 3.80. The number of hydrogen-bond acceptors (Lipinski definition) is 5. The standard InChI is InChI=1S/C19H21NO4S/c1-5-13-7-9-14(10-8-13)17(22)20-18-15(19(23)24-6-2)11(3)16(25-18)12(4)21/h7-10H,5-6H2,1-4H3,(H,20,22). The van der Waals surface area contributed by atoms with Gasteiger partial charge in [-0.2, -0.15) is 0 Å². The SMILES string of the molecule is CCOC(=O)c1c(NC(=O)c2ccc(CC)cc2)sc(C(C)=O)c1C. The molecule has 6 heteroatoms. The number of hydrogen-bond donors (Lipinski definition) is 1. The quantitative estimate of drug-likeness (QED) is 0.618. The number of rotatable bonds is 6. The molecule has 1 amide bonds. The van der Waals surface area contributed by atoms with Crippen molar-refractivity contribution in [2.24, 2.45) is 0 Å². The van der Waals surface area contributed by atoms with Crippen LogP contribution in [-0.2, 0) is 11.2 Å². The van der Waals surface area contributed by atoms with Gasteiger partial charge in [0.25, 0.3) is 5.91 Å². The van der Waals surface area contributed by atoms with Crippen LogP contribution in [0.25, 0.3) is 0 Å². The number of ketones is 1. The van der Waals surface area contributed by atoms with Gasteiger partial charge in [0.15, 0.2) is 5.78 Å². The molecule has 5 nitrogen and oxygen atoms in total. The van der Waals surface area contributed by atoms with Gasteiger partial charge in [-0.15, -0.1) is 11.3 Å². The van der Waals surface area contributed by atoms with Gasteiger partial charge in [0, 0.05) is 5.56 Å². The maximum Gasteiger partial charge on any atom is 0.341 e. The van der Waals surface area contributed by atoms with Crippen LogP contribution in [0, 0.1) is 6.92 Å². The van der Waals surface area contributed by atoms with Gasteiger partial charge in [-0.25, -0.2) is 4.79 Å². The van der Waals surface area contributed by atoms with E-state index in [-0.39, 0.29) is 23.9 Å². The van der Waals surface area contributed by atoms with Crippen LogP contribution in [0.15, 0.2) is 24.3 Å². The predicted molar refractivity (Wildman–Crippen MR) is 98.8 cm³/mol. The molecule has 2 rings (SSSR count). The third-order valence-corrected chi connectivity index (χ3v) is 5.11. The van der Waals surface area contributed by atoms with E-state index in [1.165, 1.54) is 6.92 Å². The van der Waals surface area contributed by atoms with E-state index in [2.05, 4.69) is 5.32 Å². The zero-order valence-electron chi connectivity index (χ0n) is 14.8. The Morgan fingerprint density at radius 2 is 1.76 bits per heavy atom. The van der Waals surface area contributed by atoms with Crippen molar-refractivity contribution in [3.8, 4) is 0 Å². The molecule has 0 aliphatic heterocycles. The van der Waals surface area contributed by atoms with Gasteiger partial charge in [-0.05, 0) is 50.5 Å². The van der Waals surface area contributed by atoms with Gasteiger partial charge in [0.1, 0.15) is 5.00 Å². The van der Waals surface area contributed by atoms with Crippen LogP contribution in [0.1, 0.15) is 62.3 Å². The first-order chi connectivity index (χ1) is 11.9. The normalized spacial score (nSPS) is 10.4. The summed E-state index contributed by atoms with van der Waals surface area (Å²) < 4.78 is 5.07. The largest absolute Gasteiger partial charge is 0.462 e. The fraction of sp³-hybridized carbons (Fsp3) is 0.316. The summed E-state index contributed by atoms with van der Waals surface area (Å²) in [6.45, 7) is 7.08. The van der Waals surface area contributed by atoms with E-state index in [9.17, 15) is 14.4 Å². The van der Waals surface area contributed by atoms with Crippen molar-refractivity contribution < 1.29 is 19.1 Å². The van der Waals surface area contributed by atoms with Crippen molar-refractivity contribution in [2.45, 2.75) is 34.1 Å². The lowest BCUT2D eigenvalue weighted by molar-refractivity contribution is 0.0527. The Morgan fingerprint density at radius 1 is 1.12 bits per heavy atom. The summed E-state index contributed by atoms with van der Waals surface area (Å²) in [5.74, 6) is -1.02. The lowest BCUT2D eigenvalue weighted by Crippen LogP contribution is -2.15. The first-order valence-corrected chi connectivity index (χ1v) is 8.92. The minimum Gasteiger partial charge on any atom is -0.462 e. The highest BCUT2D eigenvalue weighted by atomic mass is 32.1. The van der Waals surface area contributed by atoms with E-state index in [4.69, 9.17) is 4.74 Å². The average Bonchev–Trinajstić information content (AvgIpc) is 2.91. The average molecular weight is 359 g/mol. The van der Waals surface area contributed by atoms with Crippen LogP contribution < -0.4 is 5.32 Å². The zero-order valence-corrected chi connectivity index (χ0v) is 15.6. The maximum atomic E-state index is 12.5. The van der Waals surface area contributed by atoms with Gasteiger partial charge in [-0.3, -0.25) is 9.59 Å². The Balaban J connectivity index is 2.36. The topological polar surface area (TPSA) is 72.5 Å². The van der Waals surface area contributed by atoms with E-state index in [1.807, 2.05) is 19.1 Å². The first kappa shape index (κ1) is 18.9. The first-order valence-electron chi connectivity index (χ1n) is 8.10. The number of benzene rings is 1. The molecule has 1 aromatic heterocycles. The Bertz CT molecular complexity index is 806. The second-order valence-corrected chi connectivity index (χ2v) is 6.56. The Kier molecular flexibility index (Phi) is 6.09. The van der Waals surface area contributed by atoms with E-state index < -0.39 is 5.97 Å². The fourth-order valence-electron chi connectivity index (χ4n) is 2.45. The minimum absolute atomic E-state index is 0.152. The summed E-state index contributed by atoms with van der Waals surface area (Å²) in [4.78, 5) is 37.0. The van der Waals surface area contributed by atoms with Crippen molar-refractivity contribution in [1.29, 1.82) is 0 Å². The van der Waals surface area contributed by atoms with E-state index >= 15 is 0 Å². The highest BCUT2D eigenvalue weighted by molar-refractivity contribution is 7.18. The maximum absolute atomic E-state index is 12.5. The molecule has 0 fully saturated rings. The molecule has 1 N–H and O–H groups in total. The molecule has 0 unspecified atom stereocenters. The molecule has 0 aliphatic carbocycles. The molecule has 0 aliphatic rings. The molecule has 0 saturated carbocycles. The van der Waals surface area contributed by atoms with Crippen LogP contribution in [0.2, 0.25) is 0 Å². The van der Waals surface area contributed by atoms with Crippen LogP contribution in [0.5, 0.6) is 0 Å². The number of amides is 1. The number of ether oxygens (including phenoxy) is 1. The van der Waals surface area contributed by atoms with Gasteiger partial charge in [0.2, 0.25) is 0 Å². The Morgan fingerprint density at radius 3 is 2.28 bits per heavy atom. The number of anilines is 1. The van der Waals surface area contributed by atoms with Crippen molar-refractivity contribution >= 4 is 34.0 Å². The number of carbonyl (C=O) groups is 3. The Labute approximate surface area is 151 Å². The van der Waals surface area contributed by atoms with Crippen molar-refractivity contribution in [3.05, 3.63) is 51.4 Å². The summed E-state index contributed by atoms with van der Waals surface area (Å²) >= 11 is 1.10. The lowest BCUT2D eigenvalue weighted by Gasteiger charge is -2.07. The summed E-state index contributed by atoms with van der Waals surface area (Å²) in [6, 6.07) is 7.26. The van der Waals surface area contributed by atoms with Gasteiger partial charge >= 0.3 is 5.97 Å². The van der Waals surface area contributed by atoms with Gasteiger partial charge < -0.3 is 10.1 Å². The van der Waals surface area contributed by atoms with Crippen LogP contribution in [0.4, 0.5) is 5.00 Å². The number of thiophene rings is 1. The number of nitrogens with one attached hydrogen (secondary N) is 1. The Hall–Kier alpha value is -2.47. The smallest absolute Gasteiger partial charge is 0.341 e. The summed E-state index contributed by atoms with van der Waals surface area (Å²) in [6.07, 6.45) is 0.890. The lowest BCUT2D eigenvalue weighted by atomic mass is 10.1. The molecular weight excluding hydrogens is 338 g/mol. The van der Waals surface area contributed by atoms with E-state index in [1.54, 1.807) is 26.0 Å². The molecule has 1 heterocycles. The summed E-state index contributed by atoms with van der Waals surface area (Å²) in [7, 11) is 0.